The number of fused-ring (bicyclic) bond motifs is 1. The Hall–Kier alpha value is -2.45. The minimum Gasteiger partial charge on any atom is -0.475 e. The Morgan fingerprint density at radius 2 is 1.71 bits per heavy atom. The summed E-state index contributed by atoms with van der Waals surface area (Å²) in [5.74, 6) is 0.335. The summed E-state index contributed by atoms with van der Waals surface area (Å²) in [4.78, 5) is 19.0. The smallest absolute Gasteiger partial charge is 0.255 e. The number of rotatable bonds is 5. The number of carbonyl (C=O) groups excluding carboxylic acids is 1. The van der Waals surface area contributed by atoms with Crippen LogP contribution in [-0.4, -0.2) is 60.8 Å². The summed E-state index contributed by atoms with van der Waals surface area (Å²) in [6.07, 6.45) is 5.76. The van der Waals surface area contributed by atoms with Gasteiger partial charge in [-0.2, -0.15) is 4.31 Å². The van der Waals surface area contributed by atoms with E-state index in [1.54, 1.807) is 23.1 Å². The molecule has 1 saturated heterocycles. The van der Waals surface area contributed by atoms with Crippen molar-refractivity contribution in [2.45, 2.75) is 50.5 Å². The highest BCUT2D eigenvalue weighted by Gasteiger charge is 2.31. The molecule has 0 bridgehead atoms. The number of aryl methyl sites for hydroxylation is 2. The molecule has 2 aliphatic rings. The molecule has 2 heterocycles. The minimum absolute atomic E-state index is 0.0131. The van der Waals surface area contributed by atoms with Gasteiger partial charge in [-0.15, -0.1) is 0 Å². The third-order valence-corrected chi connectivity index (χ3v) is 7.72. The van der Waals surface area contributed by atoms with Crippen molar-refractivity contribution in [1.29, 1.82) is 0 Å². The second kappa shape index (κ2) is 8.96. The van der Waals surface area contributed by atoms with E-state index < -0.39 is 10.0 Å². The van der Waals surface area contributed by atoms with Gasteiger partial charge in [0.1, 0.15) is 0 Å². The van der Waals surface area contributed by atoms with Gasteiger partial charge in [-0.3, -0.25) is 4.79 Å². The van der Waals surface area contributed by atoms with Gasteiger partial charge >= 0.3 is 0 Å². The zero-order valence-corrected chi connectivity index (χ0v) is 18.9. The summed E-state index contributed by atoms with van der Waals surface area (Å²) in [6.45, 7) is 5.11. The van der Waals surface area contributed by atoms with E-state index in [1.165, 1.54) is 16.1 Å². The first-order valence-electron chi connectivity index (χ1n) is 10.9. The number of nitrogens with zero attached hydrogens (tertiary/aromatic N) is 3. The lowest BCUT2D eigenvalue weighted by Crippen LogP contribution is -2.50. The van der Waals surface area contributed by atoms with Crippen molar-refractivity contribution in [2.75, 3.05) is 26.2 Å². The third kappa shape index (κ3) is 4.75. The van der Waals surface area contributed by atoms with Gasteiger partial charge in [0, 0.05) is 38.4 Å². The Labute approximate surface area is 184 Å². The molecule has 0 saturated carbocycles. The Morgan fingerprint density at radius 3 is 2.35 bits per heavy atom. The first kappa shape index (κ1) is 21.8. The summed E-state index contributed by atoms with van der Waals surface area (Å²) >= 11 is 0. The standard InChI is InChI=1S/C23H29N3O4S/c1-17(2)30-22-10-8-20(16-24-22)23(27)25-11-13-26(14-12-25)31(28,29)21-9-7-18-5-3-4-6-19(18)15-21/h7-10,15-17H,3-6,11-14H2,1-2H3. The third-order valence-electron chi connectivity index (χ3n) is 5.82. The highest BCUT2D eigenvalue weighted by molar-refractivity contribution is 7.89. The van der Waals surface area contributed by atoms with E-state index in [-0.39, 0.29) is 25.1 Å². The predicted octanol–water partition coefficient (Wildman–Crippen LogP) is 2.89. The molecule has 1 aromatic carbocycles. The first-order valence-corrected chi connectivity index (χ1v) is 12.3. The average molecular weight is 444 g/mol. The second-order valence-corrected chi connectivity index (χ2v) is 10.3. The van der Waals surface area contributed by atoms with Crippen LogP contribution in [-0.2, 0) is 22.9 Å². The average Bonchev–Trinajstić information content (AvgIpc) is 2.78. The topological polar surface area (TPSA) is 79.8 Å². The van der Waals surface area contributed by atoms with Crippen LogP contribution in [0.5, 0.6) is 5.88 Å². The summed E-state index contributed by atoms with van der Waals surface area (Å²) in [5, 5.41) is 0. The predicted molar refractivity (Wildman–Crippen MR) is 118 cm³/mol. The number of amides is 1. The molecule has 0 unspecified atom stereocenters. The van der Waals surface area contributed by atoms with Crippen molar-refractivity contribution in [3.05, 3.63) is 53.2 Å². The van der Waals surface area contributed by atoms with Gasteiger partial charge in [-0.05, 0) is 68.9 Å². The van der Waals surface area contributed by atoms with E-state index in [9.17, 15) is 13.2 Å². The van der Waals surface area contributed by atoms with Crippen LogP contribution in [0.2, 0.25) is 0 Å². The van der Waals surface area contributed by atoms with E-state index in [4.69, 9.17) is 4.74 Å². The molecule has 166 valence electrons. The molecule has 2 aromatic rings. The quantitative estimate of drug-likeness (QED) is 0.710. The highest BCUT2D eigenvalue weighted by Crippen LogP contribution is 2.26. The monoisotopic (exact) mass is 443 g/mol. The molecule has 0 radical (unpaired) electrons. The number of hydrogen-bond donors (Lipinski definition) is 0. The maximum atomic E-state index is 13.1. The van der Waals surface area contributed by atoms with Crippen molar-refractivity contribution < 1.29 is 17.9 Å². The summed E-state index contributed by atoms with van der Waals surface area (Å²) < 4.78 is 33.3. The van der Waals surface area contributed by atoms with Crippen molar-refractivity contribution in [3.63, 3.8) is 0 Å². The van der Waals surface area contributed by atoms with Crippen LogP contribution in [0.1, 0.15) is 48.2 Å². The SMILES string of the molecule is CC(C)Oc1ccc(C(=O)N2CCN(S(=O)(=O)c3ccc4c(c3)CCCC4)CC2)cn1. The van der Waals surface area contributed by atoms with E-state index in [0.29, 0.717) is 29.4 Å². The molecule has 1 aliphatic heterocycles. The molecule has 1 aliphatic carbocycles. The van der Waals surface area contributed by atoms with E-state index in [2.05, 4.69) is 4.98 Å². The fraction of sp³-hybridized carbons (Fsp3) is 0.478. The van der Waals surface area contributed by atoms with Crippen molar-refractivity contribution in [1.82, 2.24) is 14.2 Å². The second-order valence-electron chi connectivity index (χ2n) is 8.39. The van der Waals surface area contributed by atoms with Crippen LogP contribution in [0, 0.1) is 0 Å². The van der Waals surface area contributed by atoms with Gasteiger partial charge in [0.2, 0.25) is 15.9 Å². The Morgan fingerprint density at radius 1 is 1.00 bits per heavy atom. The number of benzene rings is 1. The number of piperazine rings is 1. The van der Waals surface area contributed by atoms with E-state index in [1.807, 2.05) is 26.0 Å². The normalized spacial score (nSPS) is 17.5. The Balaban J connectivity index is 1.40. The van der Waals surface area contributed by atoms with Crippen LogP contribution >= 0.6 is 0 Å². The lowest BCUT2D eigenvalue weighted by atomic mass is 9.92. The van der Waals surface area contributed by atoms with Gasteiger partial charge in [-0.1, -0.05) is 6.07 Å². The van der Waals surface area contributed by atoms with Crippen molar-refractivity contribution >= 4 is 15.9 Å². The number of sulfonamides is 1. The lowest BCUT2D eigenvalue weighted by molar-refractivity contribution is 0.0697. The molecule has 0 N–H and O–H groups in total. The molecule has 31 heavy (non-hydrogen) atoms. The highest BCUT2D eigenvalue weighted by atomic mass is 32.2. The van der Waals surface area contributed by atoms with Crippen molar-refractivity contribution in [2.24, 2.45) is 0 Å². The number of ether oxygens (including phenoxy) is 1. The van der Waals surface area contributed by atoms with Crippen LogP contribution in [0.4, 0.5) is 0 Å². The Bertz CT molecular complexity index is 1040. The summed E-state index contributed by atoms with van der Waals surface area (Å²) in [5.41, 5.74) is 2.89. The molecule has 7 nitrogen and oxygen atoms in total. The van der Waals surface area contributed by atoms with Crippen molar-refractivity contribution in [3.8, 4) is 5.88 Å². The minimum atomic E-state index is -3.56. The van der Waals surface area contributed by atoms with Crippen LogP contribution in [0.15, 0.2) is 41.4 Å². The van der Waals surface area contributed by atoms with E-state index >= 15 is 0 Å². The number of hydrogen-bond acceptors (Lipinski definition) is 5. The zero-order valence-electron chi connectivity index (χ0n) is 18.1. The van der Waals surface area contributed by atoms with Gasteiger partial charge in [0.05, 0.1) is 16.6 Å². The molecule has 1 amide bonds. The van der Waals surface area contributed by atoms with E-state index in [0.717, 1.165) is 31.2 Å². The maximum absolute atomic E-state index is 13.1. The molecule has 0 atom stereocenters. The Kier molecular flexibility index (Phi) is 6.29. The number of aromatic nitrogens is 1. The van der Waals surface area contributed by atoms with Gasteiger partial charge in [0.15, 0.2) is 0 Å². The molecule has 1 aromatic heterocycles. The molecule has 8 heteroatoms. The lowest BCUT2D eigenvalue weighted by Gasteiger charge is -2.34. The van der Waals surface area contributed by atoms with Crippen LogP contribution < -0.4 is 4.74 Å². The number of pyridine rings is 1. The molecule has 0 spiro atoms. The molecular formula is C23H29N3O4S. The fourth-order valence-electron chi connectivity index (χ4n) is 4.15. The molecule has 4 rings (SSSR count). The van der Waals surface area contributed by atoms with Gasteiger partial charge < -0.3 is 9.64 Å². The first-order chi connectivity index (χ1) is 14.8. The maximum Gasteiger partial charge on any atom is 0.255 e. The van der Waals surface area contributed by atoms with Crippen LogP contribution in [0.3, 0.4) is 0 Å². The van der Waals surface area contributed by atoms with Gasteiger partial charge in [-0.25, -0.2) is 13.4 Å². The summed E-state index contributed by atoms with van der Waals surface area (Å²) in [7, 11) is -3.56. The number of carbonyl (C=O) groups is 1. The fourth-order valence-corrected chi connectivity index (χ4v) is 5.62. The largest absolute Gasteiger partial charge is 0.475 e. The molecule has 1 fully saturated rings. The van der Waals surface area contributed by atoms with Gasteiger partial charge in [0.25, 0.3) is 5.91 Å². The van der Waals surface area contributed by atoms with Crippen LogP contribution in [0.25, 0.3) is 0 Å². The molecular weight excluding hydrogens is 414 g/mol. The zero-order chi connectivity index (χ0) is 22.0. The summed E-state index contributed by atoms with van der Waals surface area (Å²) in [6, 6.07) is 8.91.